The lowest BCUT2D eigenvalue weighted by Crippen LogP contribution is -2.36. The third-order valence-corrected chi connectivity index (χ3v) is 5.31. The van der Waals surface area contributed by atoms with E-state index in [0.717, 1.165) is 33.5 Å². The molecule has 5 heteroatoms. The number of ether oxygens (including phenoxy) is 1. The van der Waals surface area contributed by atoms with Gasteiger partial charge >= 0.3 is 5.97 Å². The second-order valence-corrected chi connectivity index (χ2v) is 6.84. The molecule has 0 bridgehead atoms. The highest BCUT2D eigenvalue weighted by atomic mass is 16.5. The van der Waals surface area contributed by atoms with E-state index in [2.05, 4.69) is 17.0 Å². The quantitative estimate of drug-likeness (QED) is 0.753. The molecule has 1 aliphatic heterocycles. The summed E-state index contributed by atoms with van der Waals surface area (Å²) in [7, 11) is 1.68. The van der Waals surface area contributed by atoms with Crippen molar-refractivity contribution in [3.63, 3.8) is 0 Å². The Bertz CT molecular complexity index is 978. The Kier molecular flexibility index (Phi) is 4.67. The minimum absolute atomic E-state index is 0.250. The van der Waals surface area contributed by atoms with Crippen LogP contribution in [0.2, 0.25) is 0 Å². The highest BCUT2D eigenvalue weighted by molar-refractivity contribution is 6.02. The van der Waals surface area contributed by atoms with E-state index in [-0.39, 0.29) is 5.92 Å². The number of methoxy groups -OCH3 is 1. The zero-order valence-corrected chi connectivity index (χ0v) is 15.3. The molecule has 0 spiro atoms. The number of carbonyl (C=O) groups is 1. The molecular weight excluding hydrogens is 340 g/mol. The Morgan fingerprint density at radius 1 is 1.04 bits per heavy atom. The molecule has 3 aromatic rings. The number of hydrogen-bond acceptors (Lipinski definition) is 4. The lowest BCUT2D eigenvalue weighted by atomic mass is 9.96. The van der Waals surface area contributed by atoms with Gasteiger partial charge in [-0.05, 0) is 24.3 Å². The molecule has 0 atom stereocenters. The van der Waals surface area contributed by atoms with Crippen LogP contribution in [0.15, 0.2) is 54.7 Å². The van der Waals surface area contributed by atoms with Gasteiger partial charge in [-0.15, -0.1) is 0 Å². The Balaban J connectivity index is 1.77. The molecule has 0 saturated carbocycles. The zero-order valence-electron chi connectivity index (χ0n) is 15.3. The SMILES string of the molecule is COc1ccccc1-c1cnc(N2CCC(C(=O)O)CC2)c2ccccc12. The number of para-hydroxylation sites is 1. The maximum absolute atomic E-state index is 11.2. The van der Waals surface area contributed by atoms with Crippen molar-refractivity contribution in [1.29, 1.82) is 0 Å². The van der Waals surface area contributed by atoms with E-state index >= 15 is 0 Å². The van der Waals surface area contributed by atoms with Gasteiger partial charge in [0.15, 0.2) is 0 Å². The first-order valence-corrected chi connectivity index (χ1v) is 9.18. The van der Waals surface area contributed by atoms with Crippen molar-refractivity contribution in [3.05, 3.63) is 54.7 Å². The first-order valence-electron chi connectivity index (χ1n) is 9.18. The number of pyridine rings is 1. The summed E-state index contributed by atoms with van der Waals surface area (Å²) in [6, 6.07) is 16.2. The van der Waals surface area contributed by atoms with Gasteiger partial charge in [-0.3, -0.25) is 4.79 Å². The minimum atomic E-state index is -0.695. The van der Waals surface area contributed by atoms with E-state index in [4.69, 9.17) is 9.72 Å². The van der Waals surface area contributed by atoms with Crippen LogP contribution in [0.5, 0.6) is 5.75 Å². The summed E-state index contributed by atoms with van der Waals surface area (Å²) >= 11 is 0. The molecule has 1 N–H and O–H groups in total. The van der Waals surface area contributed by atoms with Crippen molar-refractivity contribution in [2.45, 2.75) is 12.8 Å². The molecule has 0 aliphatic carbocycles. The van der Waals surface area contributed by atoms with Crippen LogP contribution in [0.1, 0.15) is 12.8 Å². The van der Waals surface area contributed by atoms with Gasteiger partial charge in [-0.2, -0.15) is 0 Å². The summed E-state index contributed by atoms with van der Waals surface area (Å²) in [4.78, 5) is 18.2. The van der Waals surface area contributed by atoms with Crippen molar-refractivity contribution >= 4 is 22.6 Å². The molecule has 0 amide bonds. The average molecular weight is 362 g/mol. The van der Waals surface area contributed by atoms with E-state index in [9.17, 15) is 9.90 Å². The molecule has 2 aromatic carbocycles. The number of benzene rings is 2. The smallest absolute Gasteiger partial charge is 0.306 e. The van der Waals surface area contributed by atoms with Crippen LogP contribution >= 0.6 is 0 Å². The molecule has 138 valence electrons. The summed E-state index contributed by atoms with van der Waals surface area (Å²) in [5.41, 5.74) is 2.05. The molecule has 0 unspecified atom stereocenters. The highest BCUT2D eigenvalue weighted by Crippen LogP contribution is 2.38. The Hall–Kier alpha value is -3.08. The Morgan fingerprint density at radius 3 is 2.41 bits per heavy atom. The first-order chi connectivity index (χ1) is 13.2. The van der Waals surface area contributed by atoms with Gasteiger partial charge in [0.1, 0.15) is 11.6 Å². The van der Waals surface area contributed by atoms with Crippen molar-refractivity contribution in [2.75, 3.05) is 25.1 Å². The number of nitrogens with zero attached hydrogens (tertiary/aromatic N) is 2. The van der Waals surface area contributed by atoms with Crippen molar-refractivity contribution in [1.82, 2.24) is 4.98 Å². The number of anilines is 1. The van der Waals surface area contributed by atoms with Crippen LogP contribution in [-0.4, -0.2) is 36.3 Å². The van der Waals surface area contributed by atoms with Crippen LogP contribution in [0.25, 0.3) is 21.9 Å². The highest BCUT2D eigenvalue weighted by Gasteiger charge is 2.26. The van der Waals surface area contributed by atoms with Crippen LogP contribution < -0.4 is 9.64 Å². The average Bonchev–Trinajstić information content (AvgIpc) is 2.73. The second-order valence-electron chi connectivity index (χ2n) is 6.84. The predicted molar refractivity (Wildman–Crippen MR) is 106 cm³/mol. The van der Waals surface area contributed by atoms with E-state index in [1.54, 1.807) is 7.11 Å². The third-order valence-electron chi connectivity index (χ3n) is 5.31. The lowest BCUT2D eigenvalue weighted by Gasteiger charge is -2.32. The minimum Gasteiger partial charge on any atom is -0.496 e. The Morgan fingerprint density at radius 2 is 1.70 bits per heavy atom. The monoisotopic (exact) mass is 362 g/mol. The van der Waals surface area contributed by atoms with Crippen LogP contribution in [0.3, 0.4) is 0 Å². The number of carboxylic acid groups (broad SMARTS) is 1. The van der Waals surface area contributed by atoms with Crippen LogP contribution in [0, 0.1) is 5.92 Å². The van der Waals surface area contributed by atoms with Gasteiger partial charge in [-0.25, -0.2) is 4.98 Å². The first kappa shape index (κ1) is 17.3. The van der Waals surface area contributed by atoms with Gasteiger partial charge in [0.05, 0.1) is 13.0 Å². The number of hydrogen-bond donors (Lipinski definition) is 1. The third kappa shape index (κ3) is 3.21. The van der Waals surface area contributed by atoms with Gasteiger partial charge in [0.2, 0.25) is 0 Å². The van der Waals surface area contributed by atoms with Crippen LogP contribution in [-0.2, 0) is 4.79 Å². The Labute approximate surface area is 158 Å². The fourth-order valence-electron chi connectivity index (χ4n) is 3.85. The van der Waals surface area contributed by atoms with Crippen molar-refractivity contribution in [2.24, 2.45) is 5.92 Å². The lowest BCUT2D eigenvalue weighted by molar-refractivity contribution is -0.142. The molecule has 1 saturated heterocycles. The van der Waals surface area contributed by atoms with Crippen molar-refractivity contribution < 1.29 is 14.6 Å². The summed E-state index contributed by atoms with van der Waals surface area (Å²) in [5.74, 6) is 0.798. The van der Waals surface area contributed by atoms with E-state index in [1.165, 1.54) is 0 Å². The largest absolute Gasteiger partial charge is 0.496 e. The molecule has 5 nitrogen and oxygen atoms in total. The van der Waals surface area contributed by atoms with Crippen molar-refractivity contribution in [3.8, 4) is 16.9 Å². The number of rotatable bonds is 4. The van der Waals surface area contributed by atoms with Gasteiger partial charge in [-0.1, -0.05) is 42.5 Å². The van der Waals surface area contributed by atoms with Crippen LogP contribution in [0.4, 0.5) is 5.82 Å². The second kappa shape index (κ2) is 7.27. The maximum atomic E-state index is 11.2. The summed E-state index contributed by atoms with van der Waals surface area (Å²) in [5, 5.41) is 11.4. The molecule has 2 heterocycles. The fraction of sp³-hybridized carbons (Fsp3) is 0.273. The van der Waals surface area contributed by atoms with E-state index in [1.807, 2.05) is 42.6 Å². The topological polar surface area (TPSA) is 62.7 Å². The standard InChI is InChI=1S/C22H22N2O3/c1-27-20-9-5-4-7-17(20)19-14-23-21(18-8-3-2-6-16(18)19)24-12-10-15(11-13-24)22(25)26/h2-9,14-15H,10-13H2,1H3,(H,25,26). The summed E-state index contributed by atoms with van der Waals surface area (Å²) in [6.45, 7) is 1.42. The zero-order chi connectivity index (χ0) is 18.8. The van der Waals surface area contributed by atoms with E-state index in [0.29, 0.717) is 25.9 Å². The number of piperidine rings is 1. The molecule has 1 aromatic heterocycles. The number of carboxylic acids is 1. The predicted octanol–water partition coefficient (Wildman–Crippen LogP) is 4.21. The normalized spacial score (nSPS) is 15.1. The van der Waals surface area contributed by atoms with Gasteiger partial charge in [0, 0.05) is 35.8 Å². The molecule has 1 aliphatic rings. The molecule has 27 heavy (non-hydrogen) atoms. The maximum Gasteiger partial charge on any atom is 0.306 e. The fourth-order valence-corrected chi connectivity index (χ4v) is 3.85. The van der Waals surface area contributed by atoms with Gasteiger partial charge in [0.25, 0.3) is 0 Å². The molecule has 1 fully saturated rings. The number of fused-ring (bicyclic) bond motifs is 1. The van der Waals surface area contributed by atoms with E-state index < -0.39 is 5.97 Å². The molecular formula is C22H22N2O3. The number of aromatic nitrogens is 1. The summed E-state index contributed by atoms with van der Waals surface area (Å²) < 4.78 is 5.54. The number of aliphatic carboxylic acids is 1. The summed E-state index contributed by atoms with van der Waals surface area (Å²) in [6.07, 6.45) is 3.21. The molecule has 0 radical (unpaired) electrons. The van der Waals surface area contributed by atoms with Gasteiger partial charge < -0.3 is 14.7 Å². The molecule has 4 rings (SSSR count).